The van der Waals surface area contributed by atoms with Gasteiger partial charge in [-0.2, -0.15) is 0 Å². The lowest BCUT2D eigenvalue weighted by Crippen LogP contribution is -2.42. The number of nitrogens with zero attached hydrogens (tertiary/aromatic N) is 4. The number of fused-ring (bicyclic) bond motifs is 1. The van der Waals surface area contributed by atoms with Crippen molar-refractivity contribution in [2.24, 2.45) is 0 Å². The Morgan fingerprint density at radius 1 is 1.00 bits per heavy atom. The maximum absolute atomic E-state index is 13.7. The fourth-order valence-corrected chi connectivity index (χ4v) is 4.82. The second-order valence-electron chi connectivity index (χ2n) is 8.31. The summed E-state index contributed by atoms with van der Waals surface area (Å²) in [6, 6.07) is 17.1. The number of benzene rings is 2. The molecular weight excluding hydrogens is 404 g/mol. The van der Waals surface area contributed by atoms with E-state index < -0.39 is 0 Å². The Kier molecular flexibility index (Phi) is 5.17. The first-order chi connectivity index (χ1) is 15.6. The average Bonchev–Trinajstić information content (AvgIpc) is 3.50. The number of methoxy groups -OCH3 is 1. The number of hydrogen-bond acceptors (Lipinski definition) is 4. The third-order valence-corrected chi connectivity index (χ3v) is 6.52. The number of para-hydroxylation sites is 2. The molecule has 2 aromatic carbocycles. The molecule has 2 aromatic heterocycles. The summed E-state index contributed by atoms with van der Waals surface area (Å²) in [5, 5.41) is 0. The summed E-state index contributed by atoms with van der Waals surface area (Å²) < 4.78 is 10.4. The van der Waals surface area contributed by atoms with Crippen LogP contribution in [0.3, 0.4) is 0 Å². The molecule has 0 unspecified atom stereocenters. The highest BCUT2D eigenvalue weighted by Gasteiger charge is 2.27. The molecule has 0 radical (unpaired) electrons. The molecule has 0 N–H and O–H groups in total. The molecule has 2 heterocycles. The smallest absolute Gasteiger partial charge is 0.337 e. The molecule has 32 heavy (non-hydrogen) atoms. The van der Waals surface area contributed by atoms with E-state index in [9.17, 15) is 9.59 Å². The van der Waals surface area contributed by atoms with Crippen LogP contribution in [0.25, 0.3) is 16.9 Å². The molecule has 0 bridgehead atoms. The molecule has 1 atom stereocenters. The van der Waals surface area contributed by atoms with Crippen LogP contribution in [0.15, 0.2) is 70.5 Å². The van der Waals surface area contributed by atoms with Gasteiger partial charge >= 0.3 is 5.69 Å². The molecular formula is C25H26N4O3. The highest BCUT2D eigenvalue weighted by molar-refractivity contribution is 5.73. The van der Waals surface area contributed by atoms with E-state index in [0.29, 0.717) is 22.6 Å². The fraction of sp³-hybridized carbons (Fsp3) is 0.320. The molecule has 7 heteroatoms. The monoisotopic (exact) mass is 430 g/mol. The third kappa shape index (κ3) is 3.16. The average molecular weight is 431 g/mol. The Labute approximate surface area is 185 Å². The Balaban J connectivity index is 1.85. The lowest BCUT2D eigenvalue weighted by atomic mass is 10.1. The summed E-state index contributed by atoms with van der Waals surface area (Å²) in [5.74, 6) is 0.554. The largest absolute Gasteiger partial charge is 0.495 e. The third-order valence-electron chi connectivity index (χ3n) is 6.52. The normalized spacial score (nSPS) is 15.3. The first-order valence-corrected chi connectivity index (χ1v) is 11.0. The van der Waals surface area contributed by atoms with Crippen LogP contribution in [-0.4, -0.2) is 25.8 Å². The Hall–Kier alpha value is -3.61. The zero-order chi connectivity index (χ0) is 22.2. The zero-order valence-corrected chi connectivity index (χ0v) is 18.3. The van der Waals surface area contributed by atoms with Gasteiger partial charge in [0.2, 0.25) is 0 Å². The van der Waals surface area contributed by atoms with Gasteiger partial charge in [0, 0.05) is 6.04 Å². The quantitative estimate of drug-likeness (QED) is 0.478. The van der Waals surface area contributed by atoms with Crippen LogP contribution in [-0.2, 0) is 0 Å². The van der Waals surface area contributed by atoms with Crippen LogP contribution < -0.4 is 16.0 Å². The van der Waals surface area contributed by atoms with Gasteiger partial charge in [0.25, 0.3) is 5.56 Å². The molecule has 1 saturated carbocycles. The van der Waals surface area contributed by atoms with E-state index in [1.54, 1.807) is 13.4 Å². The van der Waals surface area contributed by atoms with Gasteiger partial charge in [-0.15, -0.1) is 0 Å². The van der Waals surface area contributed by atoms with Gasteiger partial charge < -0.3 is 9.30 Å². The summed E-state index contributed by atoms with van der Waals surface area (Å²) in [7, 11) is 1.57. The minimum Gasteiger partial charge on any atom is -0.495 e. The molecule has 4 aromatic rings. The van der Waals surface area contributed by atoms with Crippen molar-refractivity contribution in [1.82, 2.24) is 18.7 Å². The van der Waals surface area contributed by atoms with Gasteiger partial charge in [-0.05, 0) is 37.5 Å². The van der Waals surface area contributed by atoms with E-state index in [0.717, 1.165) is 31.2 Å². The van der Waals surface area contributed by atoms with Crippen molar-refractivity contribution in [1.29, 1.82) is 0 Å². The Morgan fingerprint density at radius 2 is 1.69 bits per heavy atom. The molecule has 0 saturated heterocycles. The summed E-state index contributed by atoms with van der Waals surface area (Å²) >= 11 is 0. The molecule has 1 aliphatic rings. The van der Waals surface area contributed by atoms with E-state index in [1.807, 2.05) is 66.1 Å². The van der Waals surface area contributed by atoms with Crippen molar-refractivity contribution >= 4 is 11.2 Å². The Morgan fingerprint density at radius 3 is 2.41 bits per heavy atom. The van der Waals surface area contributed by atoms with E-state index >= 15 is 0 Å². The number of ether oxygens (including phenoxy) is 1. The van der Waals surface area contributed by atoms with Crippen LogP contribution in [0.2, 0.25) is 0 Å². The molecule has 1 aliphatic carbocycles. The van der Waals surface area contributed by atoms with Crippen molar-refractivity contribution in [3.8, 4) is 11.4 Å². The molecule has 1 fully saturated rings. The molecule has 164 valence electrons. The first kappa shape index (κ1) is 20.3. The highest BCUT2D eigenvalue weighted by Crippen LogP contribution is 2.30. The topological polar surface area (TPSA) is 71.1 Å². The maximum atomic E-state index is 13.7. The summed E-state index contributed by atoms with van der Waals surface area (Å²) in [6.45, 7) is 2.04. The van der Waals surface area contributed by atoms with Crippen molar-refractivity contribution in [2.75, 3.05) is 7.11 Å². The number of imidazole rings is 1. The van der Waals surface area contributed by atoms with Crippen LogP contribution in [0.5, 0.6) is 5.75 Å². The van der Waals surface area contributed by atoms with Crippen LogP contribution in [0, 0.1) is 0 Å². The van der Waals surface area contributed by atoms with Gasteiger partial charge in [-0.1, -0.05) is 55.3 Å². The fourth-order valence-electron chi connectivity index (χ4n) is 4.82. The van der Waals surface area contributed by atoms with Crippen LogP contribution in [0.4, 0.5) is 0 Å². The van der Waals surface area contributed by atoms with Crippen LogP contribution >= 0.6 is 0 Å². The lowest BCUT2D eigenvalue weighted by molar-refractivity contribution is 0.411. The molecule has 0 amide bonds. The van der Waals surface area contributed by atoms with Crippen LogP contribution in [0.1, 0.15) is 50.3 Å². The summed E-state index contributed by atoms with van der Waals surface area (Å²) in [4.78, 5) is 32.0. The summed E-state index contributed by atoms with van der Waals surface area (Å²) in [6.07, 6.45) is 5.35. The van der Waals surface area contributed by atoms with Gasteiger partial charge in [0.05, 0.1) is 25.2 Å². The van der Waals surface area contributed by atoms with E-state index in [2.05, 4.69) is 4.98 Å². The van der Waals surface area contributed by atoms with Crippen molar-refractivity contribution in [3.05, 3.63) is 87.3 Å². The first-order valence-electron chi connectivity index (χ1n) is 11.0. The minimum absolute atomic E-state index is 0.101. The van der Waals surface area contributed by atoms with Gasteiger partial charge in [0.15, 0.2) is 11.2 Å². The predicted molar refractivity (Wildman–Crippen MR) is 124 cm³/mol. The number of rotatable bonds is 5. The number of aromatic nitrogens is 4. The Bertz CT molecular complexity index is 1380. The number of hydrogen-bond donors (Lipinski definition) is 0. The second kappa shape index (κ2) is 8.15. The lowest BCUT2D eigenvalue weighted by Gasteiger charge is -2.19. The minimum atomic E-state index is -0.364. The predicted octanol–water partition coefficient (Wildman–Crippen LogP) is 4.08. The molecule has 5 rings (SSSR count). The summed E-state index contributed by atoms with van der Waals surface area (Å²) in [5.41, 5.74) is 1.78. The zero-order valence-electron chi connectivity index (χ0n) is 18.3. The maximum Gasteiger partial charge on any atom is 0.337 e. The molecule has 0 spiro atoms. The van der Waals surface area contributed by atoms with E-state index in [-0.39, 0.29) is 23.3 Å². The van der Waals surface area contributed by atoms with Gasteiger partial charge in [-0.25, -0.2) is 14.3 Å². The standard InChI is InChI=1S/C25H26N4O3/c1-17(18-10-4-3-5-11-18)27-16-26-23-22(27)24(30)28(19-12-6-7-13-19)25(31)29(23)20-14-8-9-15-21(20)32-2/h3-5,8-11,14-17,19H,6-7,12-13H2,1-2H3/t17-/m0/s1. The van der Waals surface area contributed by atoms with Crippen molar-refractivity contribution in [2.45, 2.75) is 44.7 Å². The van der Waals surface area contributed by atoms with Gasteiger partial charge in [0.1, 0.15) is 5.75 Å². The second-order valence-corrected chi connectivity index (χ2v) is 8.31. The van der Waals surface area contributed by atoms with E-state index in [4.69, 9.17) is 4.74 Å². The highest BCUT2D eigenvalue weighted by atomic mass is 16.5. The SMILES string of the molecule is COc1ccccc1-n1c(=O)n(C2CCCC2)c(=O)c2c1ncn2[C@@H](C)c1ccccc1. The van der Waals surface area contributed by atoms with Gasteiger partial charge in [-0.3, -0.25) is 9.36 Å². The van der Waals surface area contributed by atoms with Crippen molar-refractivity contribution in [3.63, 3.8) is 0 Å². The van der Waals surface area contributed by atoms with E-state index in [1.165, 1.54) is 9.13 Å². The molecule has 7 nitrogen and oxygen atoms in total. The van der Waals surface area contributed by atoms with Crippen molar-refractivity contribution < 1.29 is 4.74 Å². The molecule has 0 aliphatic heterocycles.